The van der Waals surface area contributed by atoms with E-state index in [2.05, 4.69) is 12.2 Å². The van der Waals surface area contributed by atoms with Crippen LogP contribution in [0.2, 0.25) is 0 Å². The van der Waals surface area contributed by atoms with E-state index in [1.165, 1.54) is 0 Å². The van der Waals surface area contributed by atoms with E-state index in [-0.39, 0.29) is 17.3 Å². The van der Waals surface area contributed by atoms with Gasteiger partial charge in [-0.1, -0.05) is 12.2 Å². The second kappa shape index (κ2) is 5.07. The van der Waals surface area contributed by atoms with Crippen molar-refractivity contribution in [2.75, 3.05) is 13.1 Å². The molecule has 0 rings (SSSR count). The van der Waals surface area contributed by atoms with Crippen molar-refractivity contribution in [2.45, 2.75) is 20.3 Å². The van der Waals surface area contributed by atoms with Gasteiger partial charge in [-0.25, -0.2) is 0 Å². The second-order valence-electron chi connectivity index (χ2n) is 2.21. The van der Waals surface area contributed by atoms with Gasteiger partial charge in [-0.05, 0) is 13.8 Å². The van der Waals surface area contributed by atoms with Crippen LogP contribution in [0.1, 0.15) is 20.3 Å². The van der Waals surface area contributed by atoms with Gasteiger partial charge in [0.05, 0.1) is 11.4 Å². The molecule has 0 aliphatic carbocycles. The first-order valence-electron chi connectivity index (χ1n) is 3.67. The minimum absolute atomic E-state index is 0.0162. The first kappa shape index (κ1) is 10.4. The minimum Gasteiger partial charge on any atom is -0.393 e. The van der Waals surface area contributed by atoms with Gasteiger partial charge in [0.25, 0.3) is 0 Å². The predicted molar refractivity (Wildman–Crippen MR) is 49.3 cm³/mol. The molecule has 0 heterocycles. The Morgan fingerprint density at radius 1 is 1.45 bits per heavy atom. The molecule has 0 radical (unpaired) electrons. The highest BCUT2D eigenvalue weighted by Crippen LogP contribution is 1.93. The molecule has 11 heavy (non-hydrogen) atoms. The van der Waals surface area contributed by atoms with Crippen LogP contribution in [0.4, 0.5) is 0 Å². The number of carbonyl (C=O) groups excluding carboxylic acids is 1. The van der Waals surface area contributed by atoms with Gasteiger partial charge in [-0.2, -0.15) is 0 Å². The Bertz CT molecular complexity index is 155. The summed E-state index contributed by atoms with van der Waals surface area (Å²) in [6, 6.07) is 0. The average molecular weight is 174 g/mol. The van der Waals surface area contributed by atoms with Crippen LogP contribution in [-0.4, -0.2) is 28.9 Å². The summed E-state index contributed by atoms with van der Waals surface area (Å²) in [6.07, 6.45) is 0.191. The smallest absolute Gasteiger partial charge is 0.229 e. The number of nitrogens with two attached hydrogens (primary N) is 1. The maximum absolute atomic E-state index is 11.2. The number of amides is 1. The molecule has 0 bridgehead atoms. The Morgan fingerprint density at radius 3 is 2.18 bits per heavy atom. The van der Waals surface area contributed by atoms with E-state index in [9.17, 15) is 4.79 Å². The molecule has 0 spiro atoms. The van der Waals surface area contributed by atoms with E-state index in [0.29, 0.717) is 0 Å². The van der Waals surface area contributed by atoms with Crippen LogP contribution in [0.3, 0.4) is 0 Å². The highest BCUT2D eigenvalue weighted by molar-refractivity contribution is 7.80. The summed E-state index contributed by atoms with van der Waals surface area (Å²) in [6.45, 7) is 5.30. The molecule has 0 fully saturated rings. The third-order valence-corrected chi connectivity index (χ3v) is 1.59. The van der Waals surface area contributed by atoms with Gasteiger partial charge in [0, 0.05) is 13.1 Å². The Morgan fingerprint density at radius 2 is 1.91 bits per heavy atom. The highest BCUT2D eigenvalue weighted by atomic mass is 32.1. The summed E-state index contributed by atoms with van der Waals surface area (Å²) in [5.74, 6) is 0.0162. The number of hydrogen-bond acceptors (Lipinski definition) is 2. The van der Waals surface area contributed by atoms with Crippen molar-refractivity contribution < 1.29 is 4.79 Å². The summed E-state index contributed by atoms with van der Waals surface area (Å²) in [5.41, 5.74) is 5.22. The fraction of sp³-hybridized carbons (Fsp3) is 0.714. The standard InChI is InChI=1S/C7H14N2OS/c1-3-9(4-2)7(10)5-6(8)11/h3-5H2,1-2H3,(H2,8,11). The first-order chi connectivity index (χ1) is 5.11. The highest BCUT2D eigenvalue weighted by Gasteiger charge is 2.09. The number of thiocarbonyl (C=S) groups is 1. The molecule has 2 N–H and O–H groups in total. The molecule has 0 saturated carbocycles. The fourth-order valence-electron chi connectivity index (χ4n) is 0.837. The molecule has 64 valence electrons. The lowest BCUT2D eigenvalue weighted by molar-refractivity contribution is -0.129. The molecule has 1 amide bonds. The molecule has 0 saturated heterocycles. The van der Waals surface area contributed by atoms with Crippen molar-refractivity contribution in [3.05, 3.63) is 0 Å². The van der Waals surface area contributed by atoms with Crippen LogP contribution >= 0.6 is 12.2 Å². The van der Waals surface area contributed by atoms with Crippen LogP contribution in [0.5, 0.6) is 0 Å². The summed E-state index contributed by atoms with van der Waals surface area (Å²) in [4.78, 5) is 13.1. The van der Waals surface area contributed by atoms with Gasteiger partial charge >= 0.3 is 0 Å². The lowest BCUT2D eigenvalue weighted by Crippen LogP contribution is -2.33. The van der Waals surface area contributed by atoms with Crippen molar-refractivity contribution in [1.82, 2.24) is 4.90 Å². The van der Waals surface area contributed by atoms with Gasteiger partial charge < -0.3 is 10.6 Å². The van der Waals surface area contributed by atoms with Crippen LogP contribution in [0.25, 0.3) is 0 Å². The molecule has 0 atom stereocenters. The Kier molecular flexibility index (Phi) is 4.77. The quantitative estimate of drug-likeness (QED) is 0.632. The average Bonchev–Trinajstić information content (AvgIpc) is 1.88. The molecule has 4 heteroatoms. The van der Waals surface area contributed by atoms with E-state index < -0.39 is 0 Å². The number of rotatable bonds is 4. The van der Waals surface area contributed by atoms with Crippen LogP contribution in [0.15, 0.2) is 0 Å². The number of hydrogen-bond donors (Lipinski definition) is 1. The fourth-order valence-corrected chi connectivity index (χ4v) is 0.961. The van der Waals surface area contributed by atoms with E-state index in [4.69, 9.17) is 5.73 Å². The summed E-state index contributed by atoms with van der Waals surface area (Å²) in [7, 11) is 0. The Hall–Kier alpha value is -0.640. The molecular weight excluding hydrogens is 160 g/mol. The van der Waals surface area contributed by atoms with Gasteiger partial charge in [-0.15, -0.1) is 0 Å². The maximum atomic E-state index is 11.2. The van der Waals surface area contributed by atoms with E-state index in [0.717, 1.165) is 13.1 Å². The third-order valence-electron chi connectivity index (χ3n) is 1.44. The lowest BCUT2D eigenvalue weighted by Gasteiger charge is -2.17. The second-order valence-corrected chi connectivity index (χ2v) is 2.73. The molecule has 0 unspecified atom stereocenters. The molecule has 0 aliphatic heterocycles. The maximum Gasteiger partial charge on any atom is 0.229 e. The topological polar surface area (TPSA) is 46.3 Å². The molecular formula is C7H14N2OS. The summed E-state index contributed by atoms with van der Waals surface area (Å²) in [5, 5.41) is 0. The number of carbonyl (C=O) groups is 1. The van der Waals surface area contributed by atoms with Gasteiger partial charge in [0.2, 0.25) is 5.91 Å². The zero-order chi connectivity index (χ0) is 8.85. The van der Waals surface area contributed by atoms with Crippen LogP contribution in [-0.2, 0) is 4.79 Å². The molecule has 0 aromatic carbocycles. The Labute approximate surface area is 72.5 Å². The van der Waals surface area contributed by atoms with E-state index in [1.54, 1.807) is 4.90 Å². The Balaban J connectivity index is 3.89. The van der Waals surface area contributed by atoms with Crippen molar-refractivity contribution in [3.8, 4) is 0 Å². The van der Waals surface area contributed by atoms with Gasteiger partial charge in [0.15, 0.2) is 0 Å². The summed E-state index contributed by atoms with van der Waals surface area (Å²) >= 11 is 4.62. The molecule has 3 nitrogen and oxygen atoms in total. The van der Waals surface area contributed by atoms with Crippen LogP contribution < -0.4 is 5.73 Å². The van der Waals surface area contributed by atoms with E-state index >= 15 is 0 Å². The van der Waals surface area contributed by atoms with Crippen molar-refractivity contribution in [2.24, 2.45) is 5.73 Å². The SMILES string of the molecule is CCN(CC)C(=O)CC(N)=S. The third kappa shape index (κ3) is 3.93. The van der Waals surface area contributed by atoms with Crippen LogP contribution in [0, 0.1) is 0 Å². The molecule has 0 aromatic heterocycles. The zero-order valence-corrected chi connectivity index (χ0v) is 7.78. The molecule has 0 aromatic rings. The predicted octanol–water partition coefficient (Wildman–Crippen LogP) is 0.531. The molecule has 0 aliphatic rings. The van der Waals surface area contributed by atoms with Crippen molar-refractivity contribution >= 4 is 23.1 Å². The van der Waals surface area contributed by atoms with Gasteiger partial charge in [-0.3, -0.25) is 4.79 Å². The van der Waals surface area contributed by atoms with Crippen molar-refractivity contribution in [3.63, 3.8) is 0 Å². The van der Waals surface area contributed by atoms with Gasteiger partial charge in [0.1, 0.15) is 0 Å². The number of nitrogens with zero attached hydrogens (tertiary/aromatic N) is 1. The van der Waals surface area contributed by atoms with E-state index in [1.807, 2.05) is 13.8 Å². The lowest BCUT2D eigenvalue weighted by atomic mass is 10.3. The first-order valence-corrected chi connectivity index (χ1v) is 4.08. The normalized spacial score (nSPS) is 9.27. The zero-order valence-electron chi connectivity index (χ0n) is 6.96. The minimum atomic E-state index is 0.0162. The monoisotopic (exact) mass is 174 g/mol. The van der Waals surface area contributed by atoms with Crippen molar-refractivity contribution in [1.29, 1.82) is 0 Å². The summed E-state index contributed by atoms with van der Waals surface area (Å²) < 4.78 is 0. The largest absolute Gasteiger partial charge is 0.393 e.